The number of fused-ring (bicyclic) bond motifs is 1. The number of nitrogens with one attached hydrogen (secondary N) is 1. The molecule has 0 radical (unpaired) electrons. The van der Waals surface area contributed by atoms with Crippen molar-refractivity contribution >= 4 is 35.1 Å². The van der Waals surface area contributed by atoms with Crippen LogP contribution in [0, 0.1) is 0 Å². The summed E-state index contributed by atoms with van der Waals surface area (Å²) in [5.74, 6) is 2.35. The zero-order chi connectivity index (χ0) is 16.4. The highest BCUT2D eigenvalue weighted by atomic mass is 32.2. The second-order valence-corrected chi connectivity index (χ2v) is 8.30. The number of benzene rings is 1. The smallest absolute Gasteiger partial charge is 0.251 e. The number of hydrogen-bond acceptors (Lipinski definition) is 4. The van der Waals surface area contributed by atoms with Gasteiger partial charge in [0, 0.05) is 29.5 Å². The van der Waals surface area contributed by atoms with Crippen molar-refractivity contribution in [3.8, 4) is 0 Å². The zero-order valence-corrected chi connectivity index (χ0v) is 14.6. The SMILES string of the molecule is O=C(NCc1cn2ccccc2n1)c1ccc(C2SCCS2)cc1. The number of nitrogens with zero attached hydrogens (tertiary/aromatic N) is 2. The molecule has 0 saturated carbocycles. The molecule has 1 N–H and O–H groups in total. The van der Waals surface area contributed by atoms with Crippen molar-refractivity contribution in [1.29, 1.82) is 0 Å². The lowest BCUT2D eigenvalue weighted by Gasteiger charge is -2.09. The molecule has 1 saturated heterocycles. The van der Waals surface area contributed by atoms with E-state index in [0.717, 1.165) is 11.3 Å². The molecule has 24 heavy (non-hydrogen) atoms. The summed E-state index contributed by atoms with van der Waals surface area (Å²) in [7, 11) is 0. The molecule has 122 valence electrons. The van der Waals surface area contributed by atoms with E-state index in [9.17, 15) is 4.79 Å². The average Bonchev–Trinajstić information content (AvgIpc) is 3.29. The molecule has 0 bridgehead atoms. The zero-order valence-electron chi connectivity index (χ0n) is 13.0. The first-order valence-corrected chi connectivity index (χ1v) is 9.93. The summed E-state index contributed by atoms with van der Waals surface area (Å²) in [5.41, 5.74) is 3.72. The van der Waals surface area contributed by atoms with Crippen LogP contribution in [0.3, 0.4) is 0 Å². The predicted octanol–water partition coefficient (Wildman–Crippen LogP) is 3.74. The lowest BCUT2D eigenvalue weighted by atomic mass is 10.1. The second-order valence-electron chi connectivity index (χ2n) is 5.58. The molecular weight excluding hydrogens is 338 g/mol. The van der Waals surface area contributed by atoms with Crippen molar-refractivity contribution in [2.75, 3.05) is 11.5 Å². The van der Waals surface area contributed by atoms with Crippen molar-refractivity contribution in [2.24, 2.45) is 0 Å². The van der Waals surface area contributed by atoms with Crippen LogP contribution in [0.2, 0.25) is 0 Å². The molecule has 1 fully saturated rings. The maximum Gasteiger partial charge on any atom is 0.251 e. The van der Waals surface area contributed by atoms with Gasteiger partial charge in [0.15, 0.2) is 0 Å². The number of carbonyl (C=O) groups excluding carboxylic acids is 1. The fourth-order valence-corrected chi connectivity index (χ4v) is 5.55. The normalized spacial score (nSPS) is 15.0. The minimum Gasteiger partial charge on any atom is -0.346 e. The van der Waals surface area contributed by atoms with E-state index < -0.39 is 0 Å². The van der Waals surface area contributed by atoms with E-state index in [2.05, 4.69) is 22.4 Å². The topological polar surface area (TPSA) is 46.4 Å². The molecule has 2 aromatic heterocycles. The van der Waals surface area contributed by atoms with Gasteiger partial charge in [0.05, 0.1) is 16.8 Å². The molecule has 0 spiro atoms. The summed E-state index contributed by atoms with van der Waals surface area (Å²) in [5, 5.41) is 2.94. The Labute approximate surface area is 149 Å². The Balaban J connectivity index is 1.40. The Kier molecular flexibility index (Phi) is 4.49. The number of aromatic nitrogens is 2. The summed E-state index contributed by atoms with van der Waals surface area (Å²) >= 11 is 3.94. The predicted molar refractivity (Wildman–Crippen MR) is 100 cm³/mol. The first kappa shape index (κ1) is 15.6. The van der Waals surface area contributed by atoms with Crippen LogP contribution in [0.15, 0.2) is 54.9 Å². The summed E-state index contributed by atoms with van der Waals surface area (Å²) in [6.07, 6.45) is 3.89. The highest BCUT2D eigenvalue weighted by Gasteiger charge is 2.18. The quantitative estimate of drug-likeness (QED) is 0.774. The number of carbonyl (C=O) groups is 1. The summed E-state index contributed by atoms with van der Waals surface area (Å²) in [4.78, 5) is 16.8. The van der Waals surface area contributed by atoms with E-state index in [4.69, 9.17) is 0 Å². The first-order valence-electron chi connectivity index (χ1n) is 7.83. The first-order chi connectivity index (χ1) is 11.8. The molecule has 6 heteroatoms. The van der Waals surface area contributed by atoms with Crippen LogP contribution in [-0.2, 0) is 6.54 Å². The van der Waals surface area contributed by atoms with Crippen LogP contribution in [-0.4, -0.2) is 26.8 Å². The molecule has 0 atom stereocenters. The van der Waals surface area contributed by atoms with Gasteiger partial charge < -0.3 is 9.72 Å². The number of imidazole rings is 1. The van der Waals surface area contributed by atoms with Crippen molar-refractivity contribution in [3.05, 3.63) is 71.7 Å². The van der Waals surface area contributed by atoms with Crippen LogP contribution in [0.5, 0.6) is 0 Å². The van der Waals surface area contributed by atoms with Gasteiger partial charge in [-0.3, -0.25) is 4.79 Å². The van der Waals surface area contributed by atoms with E-state index in [1.165, 1.54) is 17.1 Å². The van der Waals surface area contributed by atoms with Gasteiger partial charge in [-0.1, -0.05) is 18.2 Å². The van der Waals surface area contributed by atoms with E-state index in [1.807, 2.05) is 70.6 Å². The van der Waals surface area contributed by atoms with E-state index in [-0.39, 0.29) is 5.91 Å². The molecule has 0 unspecified atom stereocenters. The Morgan fingerprint density at radius 2 is 1.96 bits per heavy atom. The van der Waals surface area contributed by atoms with Crippen molar-refractivity contribution in [1.82, 2.24) is 14.7 Å². The van der Waals surface area contributed by atoms with Gasteiger partial charge >= 0.3 is 0 Å². The van der Waals surface area contributed by atoms with Gasteiger partial charge in [-0.2, -0.15) is 0 Å². The molecule has 3 heterocycles. The van der Waals surface area contributed by atoms with Gasteiger partial charge in [0.25, 0.3) is 5.91 Å². The van der Waals surface area contributed by atoms with Crippen molar-refractivity contribution < 1.29 is 4.79 Å². The Morgan fingerprint density at radius 1 is 1.17 bits per heavy atom. The van der Waals surface area contributed by atoms with E-state index in [1.54, 1.807) is 0 Å². The number of amides is 1. The largest absolute Gasteiger partial charge is 0.346 e. The maximum absolute atomic E-state index is 12.3. The maximum atomic E-state index is 12.3. The number of thioether (sulfide) groups is 2. The van der Waals surface area contributed by atoms with Crippen LogP contribution in [0.1, 0.15) is 26.2 Å². The van der Waals surface area contributed by atoms with Crippen LogP contribution in [0.25, 0.3) is 5.65 Å². The molecule has 1 aromatic carbocycles. The summed E-state index contributed by atoms with van der Waals surface area (Å²) in [6, 6.07) is 13.8. The molecule has 1 amide bonds. The highest BCUT2D eigenvalue weighted by Crippen LogP contribution is 2.45. The standard InChI is InChI=1S/C18H17N3OS2/c22-17(13-4-6-14(7-5-13)18-23-9-10-24-18)19-11-15-12-21-8-2-1-3-16(21)20-15/h1-8,12,18H,9-11H2,(H,19,22). The minimum absolute atomic E-state index is 0.0645. The number of hydrogen-bond donors (Lipinski definition) is 1. The average molecular weight is 355 g/mol. The third kappa shape index (κ3) is 3.30. The number of rotatable bonds is 4. The molecule has 1 aliphatic rings. The molecule has 1 aliphatic heterocycles. The van der Waals surface area contributed by atoms with Crippen LogP contribution < -0.4 is 5.32 Å². The van der Waals surface area contributed by atoms with E-state index in [0.29, 0.717) is 16.7 Å². The van der Waals surface area contributed by atoms with Gasteiger partial charge in [0.1, 0.15) is 5.65 Å². The lowest BCUT2D eigenvalue weighted by Crippen LogP contribution is -2.22. The van der Waals surface area contributed by atoms with Gasteiger partial charge in [-0.05, 0) is 29.8 Å². The van der Waals surface area contributed by atoms with Crippen molar-refractivity contribution in [3.63, 3.8) is 0 Å². The summed E-state index contributed by atoms with van der Waals surface area (Å²) < 4.78 is 2.47. The van der Waals surface area contributed by atoms with Crippen LogP contribution in [0.4, 0.5) is 0 Å². The fourth-order valence-electron chi connectivity index (χ4n) is 2.69. The van der Waals surface area contributed by atoms with Gasteiger partial charge in [-0.25, -0.2) is 4.98 Å². The lowest BCUT2D eigenvalue weighted by molar-refractivity contribution is 0.0950. The summed E-state index contributed by atoms with van der Waals surface area (Å²) in [6.45, 7) is 0.427. The van der Waals surface area contributed by atoms with Gasteiger partial charge in [0.2, 0.25) is 0 Å². The monoisotopic (exact) mass is 355 g/mol. The Bertz CT molecular complexity index is 821. The minimum atomic E-state index is -0.0645. The van der Waals surface area contributed by atoms with Crippen LogP contribution >= 0.6 is 23.5 Å². The van der Waals surface area contributed by atoms with Gasteiger partial charge in [-0.15, -0.1) is 23.5 Å². The third-order valence-electron chi connectivity index (χ3n) is 3.91. The Hall–Kier alpha value is -1.92. The Morgan fingerprint density at radius 3 is 2.71 bits per heavy atom. The molecule has 0 aliphatic carbocycles. The number of pyridine rings is 1. The molecular formula is C18H17N3OS2. The van der Waals surface area contributed by atoms with E-state index >= 15 is 0 Å². The molecule has 4 nitrogen and oxygen atoms in total. The molecule has 4 rings (SSSR count). The highest BCUT2D eigenvalue weighted by molar-refractivity contribution is 8.19. The third-order valence-corrected chi connectivity index (χ3v) is 7.02. The van der Waals surface area contributed by atoms with Crippen molar-refractivity contribution in [2.45, 2.75) is 11.1 Å². The fraction of sp³-hybridized carbons (Fsp3) is 0.222. The molecule has 3 aromatic rings. The second kappa shape index (κ2) is 6.91.